The van der Waals surface area contributed by atoms with Crippen LogP contribution in [0, 0.1) is 0 Å². The third-order valence-electron chi connectivity index (χ3n) is 5.58. The van der Waals surface area contributed by atoms with Gasteiger partial charge in [0.05, 0.1) is 26.7 Å². The van der Waals surface area contributed by atoms with Crippen LogP contribution in [0.15, 0.2) is 0 Å². The largest absolute Gasteiger partial charge is 0.328 e. The fourth-order valence-corrected chi connectivity index (χ4v) is 3.81. The van der Waals surface area contributed by atoms with Crippen molar-refractivity contribution in [2.45, 2.75) is 116 Å². The van der Waals surface area contributed by atoms with E-state index >= 15 is 0 Å². The number of quaternary nitrogens is 1. The van der Waals surface area contributed by atoms with Crippen molar-refractivity contribution in [3.05, 3.63) is 0 Å². The Hall–Kier alpha value is -0.0800. The standard InChI is InChI=1S/C22H46NO/c1-4-5-6-7-8-9-10-11-14-17-20-23(2,3)21-24-22-18-15-12-13-16-19-22/h22H,4-21H2,1-3H3/q+1. The van der Waals surface area contributed by atoms with Crippen molar-refractivity contribution in [3.8, 4) is 0 Å². The molecule has 0 aromatic heterocycles. The highest BCUT2D eigenvalue weighted by atomic mass is 16.5. The van der Waals surface area contributed by atoms with Crippen LogP contribution in [0.3, 0.4) is 0 Å². The summed E-state index contributed by atoms with van der Waals surface area (Å²) in [5.74, 6) is 0. The lowest BCUT2D eigenvalue weighted by Crippen LogP contribution is -2.43. The van der Waals surface area contributed by atoms with Crippen LogP contribution in [0.25, 0.3) is 0 Å². The zero-order chi connectivity index (χ0) is 17.5. The van der Waals surface area contributed by atoms with Gasteiger partial charge in [-0.1, -0.05) is 84.0 Å². The predicted octanol–water partition coefficient (Wildman–Crippen LogP) is 6.68. The zero-order valence-corrected chi connectivity index (χ0v) is 17.2. The second-order valence-electron chi connectivity index (χ2n) is 8.75. The van der Waals surface area contributed by atoms with Gasteiger partial charge in [-0.25, -0.2) is 0 Å². The summed E-state index contributed by atoms with van der Waals surface area (Å²) < 4.78 is 7.28. The first-order valence-electron chi connectivity index (χ1n) is 11.1. The Bertz CT molecular complexity index is 269. The van der Waals surface area contributed by atoms with Gasteiger partial charge in [-0.15, -0.1) is 0 Å². The van der Waals surface area contributed by atoms with Gasteiger partial charge in [-0.3, -0.25) is 0 Å². The van der Waals surface area contributed by atoms with Gasteiger partial charge in [0.1, 0.15) is 0 Å². The summed E-state index contributed by atoms with van der Waals surface area (Å²) >= 11 is 0. The second kappa shape index (κ2) is 14.1. The molecule has 0 amide bonds. The lowest BCUT2D eigenvalue weighted by atomic mass is 10.1. The normalized spacial score (nSPS) is 17.1. The molecule has 0 N–H and O–H groups in total. The summed E-state index contributed by atoms with van der Waals surface area (Å²) in [5.41, 5.74) is 0. The Kier molecular flexibility index (Phi) is 12.9. The zero-order valence-electron chi connectivity index (χ0n) is 17.2. The maximum atomic E-state index is 6.24. The molecule has 144 valence electrons. The molecule has 2 heteroatoms. The van der Waals surface area contributed by atoms with E-state index in [9.17, 15) is 0 Å². The van der Waals surface area contributed by atoms with E-state index in [1.165, 1.54) is 109 Å². The molecule has 0 aromatic carbocycles. The minimum absolute atomic E-state index is 0.539. The van der Waals surface area contributed by atoms with Crippen LogP contribution >= 0.6 is 0 Å². The third kappa shape index (κ3) is 12.3. The van der Waals surface area contributed by atoms with Crippen molar-refractivity contribution < 1.29 is 9.22 Å². The molecule has 1 aliphatic carbocycles. The minimum atomic E-state index is 0.539. The predicted molar refractivity (Wildman–Crippen MR) is 106 cm³/mol. The molecule has 1 aliphatic rings. The van der Waals surface area contributed by atoms with Gasteiger partial charge in [0, 0.05) is 0 Å². The van der Waals surface area contributed by atoms with Crippen molar-refractivity contribution in [1.82, 2.24) is 0 Å². The van der Waals surface area contributed by atoms with Crippen molar-refractivity contribution in [2.24, 2.45) is 0 Å². The summed E-state index contributed by atoms with van der Waals surface area (Å²) in [5, 5.41) is 0. The molecule has 24 heavy (non-hydrogen) atoms. The van der Waals surface area contributed by atoms with Gasteiger partial charge >= 0.3 is 0 Å². The van der Waals surface area contributed by atoms with Gasteiger partial charge < -0.3 is 9.22 Å². The molecule has 0 aliphatic heterocycles. The van der Waals surface area contributed by atoms with E-state index < -0.39 is 0 Å². The quantitative estimate of drug-likeness (QED) is 0.148. The van der Waals surface area contributed by atoms with Gasteiger partial charge in [-0.05, 0) is 25.7 Å². The fraction of sp³-hybridized carbons (Fsp3) is 1.00. The first kappa shape index (κ1) is 22.0. The average molecular weight is 341 g/mol. The van der Waals surface area contributed by atoms with E-state index in [1.807, 2.05) is 0 Å². The molecule has 2 nitrogen and oxygen atoms in total. The van der Waals surface area contributed by atoms with E-state index in [2.05, 4.69) is 21.0 Å². The third-order valence-corrected chi connectivity index (χ3v) is 5.58. The fourth-order valence-electron chi connectivity index (χ4n) is 3.81. The summed E-state index contributed by atoms with van der Waals surface area (Å²) in [6.45, 7) is 4.47. The first-order valence-corrected chi connectivity index (χ1v) is 11.1. The van der Waals surface area contributed by atoms with Crippen LogP contribution in [0.1, 0.15) is 110 Å². The monoisotopic (exact) mass is 340 g/mol. The van der Waals surface area contributed by atoms with Crippen molar-refractivity contribution in [3.63, 3.8) is 0 Å². The number of unbranched alkanes of at least 4 members (excludes halogenated alkanes) is 9. The van der Waals surface area contributed by atoms with Gasteiger partial charge in [0.25, 0.3) is 0 Å². The van der Waals surface area contributed by atoms with Crippen LogP contribution in [0.5, 0.6) is 0 Å². The minimum Gasteiger partial charge on any atom is -0.328 e. The Morgan fingerprint density at radius 3 is 1.75 bits per heavy atom. The maximum absolute atomic E-state index is 6.24. The highest BCUT2D eigenvalue weighted by molar-refractivity contribution is 4.63. The molecule has 0 saturated heterocycles. The molecule has 0 spiro atoms. The number of hydrogen-bond donors (Lipinski definition) is 0. The summed E-state index contributed by atoms with van der Waals surface area (Å²) in [6, 6.07) is 0. The number of nitrogens with zero attached hydrogens (tertiary/aromatic N) is 1. The van der Waals surface area contributed by atoms with Crippen molar-refractivity contribution in [1.29, 1.82) is 0 Å². The summed E-state index contributed by atoms with van der Waals surface area (Å²) in [6.07, 6.45) is 22.9. The Morgan fingerprint density at radius 2 is 1.21 bits per heavy atom. The molecule has 1 fully saturated rings. The van der Waals surface area contributed by atoms with Crippen LogP contribution < -0.4 is 0 Å². The van der Waals surface area contributed by atoms with Gasteiger partial charge in [0.2, 0.25) is 0 Å². The molecule has 0 radical (unpaired) electrons. The van der Waals surface area contributed by atoms with E-state index in [0.717, 1.165) is 11.2 Å². The van der Waals surface area contributed by atoms with Crippen LogP contribution in [-0.2, 0) is 4.74 Å². The molecular formula is C22H46NO+. The molecular weight excluding hydrogens is 294 g/mol. The van der Waals surface area contributed by atoms with Crippen LogP contribution in [0.4, 0.5) is 0 Å². The lowest BCUT2D eigenvalue weighted by Gasteiger charge is -2.31. The second-order valence-corrected chi connectivity index (χ2v) is 8.75. The maximum Gasteiger partial charge on any atom is 0.183 e. The Labute approximate surface area is 152 Å². The highest BCUT2D eigenvalue weighted by Gasteiger charge is 2.19. The first-order chi connectivity index (χ1) is 11.6. The number of ether oxygens (including phenoxy) is 1. The Balaban J connectivity index is 1.94. The van der Waals surface area contributed by atoms with Crippen LogP contribution in [-0.4, -0.2) is 38.0 Å². The average Bonchev–Trinajstić information content (AvgIpc) is 2.83. The van der Waals surface area contributed by atoms with Crippen molar-refractivity contribution >= 4 is 0 Å². The molecule has 0 atom stereocenters. The molecule has 1 saturated carbocycles. The lowest BCUT2D eigenvalue weighted by molar-refractivity contribution is -0.910. The number of hydrogen-bond acceptors (Lipinski definition) is 1. The van der Waals surface area contributed by atoms with Gasteiger partial charge in [-0.2, -0.15) is 0 Å². The molecule has 0 unspecified atom stereocenters. The molecule has 0 aromatic rings. The van der Waals surface area contributed by atoms with E-state index in [0.29, 0.717) is 6.10 Å². The summed E-state index contributed by atoms with van der Waals surface area (Å²) in [7, 11) is 4.68. The highest BCUT2D eigenvalue weighted by Crippen LogP contribution is 2.20. The van der Waals surface area contributed by atoms with E-state index in [1.54, 1.807) is 0 Å². The molecule has 0 heterocycles. The SMILES string of the molecule is CCCCCCCCCCCC[N+](C)(C)COC1CCCCCC1. The van der Waals surface area contributed by atoms with E-state index in [-0.39, 0.29) is 0 Å². The molecule has 0 bridgehead atoms. The number of rotatable bonds is 14. The topological polar surface area (TPSA) is 9.23 Å². The Morgan fingerprint density at radius 1 is 0.708 bits per heavy atom. The van der Waals surface area contributed by atoms with Crippen LogP contribution in [0.2, 0.25) is 0 Å². The van der Waals surface area contributed by atoms with Gasteiger partial charge in [0.15, 0.2) is 6.73 Å². The van der Waals surface area contributed by atoms with Crippen molar-refractivity contribution in [2.75, 3.05) is 27.4 Å². The smallest absolute Gasteiger partial charge is 0.183 e. The van der Waals surface area contributed by atoms with E-state index in [4.69, 9.17) is 4.74 Å². The molecule has 1 rings (SSSR count). The summed E-state index contributed by atoms with van der Waals surface area (Å²) in [4.78, 5) is 0.